The summed E-state index contributed by atoms with van der Waals surface area (Å²) >= 11 is 0. The average molecular weight is 518 g/mol. The lowest BCUT2D eigenvalue weighted by Gasteiger charge is -2.38. The number of rotatable bonds is 9. The van der Waals surface area contributed by atoms with Crippen LogP contribution in [0.1, 0.15) is 94.4 Å². The maximum absolute atomic E-state index is 14.0. The zero-order valence-corrected chi connectivity index (χ0v) is 24.2. The van der Waals surface area contributed by atoms with Crippen LogP contribution in [0.4, 0.5) is 4.79 Å². The van der Waals surface area contributed by atoms with Crippen LogP contribution >= 0.6 is 0 Å². The topological polar surface area (TPSA) is 113 Å². The molecule has 3 aliphatic rings. The van der Waals surface area contributed by atoms with Gasteiger partial charge in [0.2, 0.25) is 11.7 Å². The monoisotopic (exact) mass is 517 g/mol. The summed E-state index contributed by atoms with van der Waals surface area (Å²) in [5.74, 6) is -1.43. The molecule has 0 aromatic carbocycles. The molecule has 0 aromatic heterocycles. The van der Waals surface area contributed by atoms with Crippen molar-refractivity contribution in [3.8, 4) is 0 Å². The van der Waals surface area contributed by atoms with Gasteiger partial charge in [0.1, 0.15) is 6.04 Å². The van der Waals surface area contributed by atoms with E-state index in [1.54, 1.807) is 4.90 Å². The Morgan fingerprint density at radius 2 is 1.59 bits per heavy atom. The van der Waals surface area contributed by atoms with Gasteiger partial charge in [-0.15, -0.1) is 0 Å². The van der Waals surface area contributed by atoms with Crippen molar-refractivity contribution in [3.05, 3.63) is 0 Å². The molecule has 0 bridgehead atoms. The highest BCUT2D eigenvalue weighted by molar-refractivity contribution is 6.37. The standard InChI is InChI=1S/C29H47N3O5/c1-16(33)23(35)18(13-17-11-10-12-17)14-20(34)22-21-19(29(21,8)9)15-32(22)25(36)24(27(2,3)4)30-26(37)31-28(5,6)7/h17-19,21-22,24H,10-15H2,1-9H3,(H2,30,31,37)/t18?,19?,21?,22-,24-/m1/s1. The molecule has 0 spiro atoms. The van der Waals surface area contributed by atoms with Crippen LogP contribution in [0.3, 0.4) is 0 Å². The summed E-state index contributed by atoms with van der Waals surface area (Å²) in [6, 6.07) is -1.90. The number of hydrogen-bond donors (Lipinski definition) is 2. The molecular formula is C29H47N3O5. The van der Waals surface area contributed by atoms with E-state index in [4.69, 9.17) is 0 Å². The lowest BCUT2D eigenvalue weighted by atomic mass is 9.75. The number of nitrogens with one attached hydrogen (secondary N) is 2. The minimum Gasteiger partial charge on any atom is -0.334 e. The van der Waals surface area contributed by atoms with E-state index < -0.39 is 46.6 Å². The van der Waals surface area contributed by atoms with E-state index in [0.717, 1.165) is 19.3 Å². The highest BCUT2D eigenvalue weighted by atomic mass is 16.2. The Hall–Kier alpha value is -2.25. The molecule has 3 rings (SSSR count). The van der Waals surface area contributed by atoms with Crippen LogP contribution in [-0.4, -0.2) is 58.4 Å². The average Bonchev–Trinajstić information content (AvgIpc) is 3.06. The van der Waals surface area contributed by atoms with Crippen molar-refractivity contribution in [2.24, 2.45) is 34.5 Å². The molecule has 2 aliphatic carbocycles. The molecule has 3 amide bonds. The Labute approximate surface area is 222 Å². The van der Waals surface area contributed by atoms with E-state index in [0.29, 0.717) is 18.9 Å². The Kier molecular flexibility index (Phi) is 8.03. The molecule has 8 heteroatoms. The molecule has 5 atom stereocenters. The molecule has 3 fully saturated rings. The predicted molar refractivity (Wildman–Crippen MR) is 142 cm³/mol. The number of piperidine rings is 1. The second-order valence-corrected chi connectivity index (χ2v) is 14.4. The van der Waals surface area contributed by atoms with Crippen molar-refractivity contribution in [2.45, 2.75) is 112 Å². The second kappa shape index (κ2) is 10.1. The quantitative estimate of drug-likeness (QED) is 0.451. The molecule has 0 aromatic rings. The van der Waals surface area contributed by atoms with Crippen molar-refractivity contribution >= 4 is 29.3 Å². The first-order chi connectivity index (χ1) is 16.8. The van der Waals surface area contributed by atoms with E-state index in [2.05, 4.69) is 24.5 Å². The zero-order chi connectivity index (χ0) is 28.1. The first-order valence-electron chi connectivity index (χ1n) is 13.8. The number of Topliss-reactive ketones (excluding diaryl/α,β-unsaturated/α-hetero) is 3. The number of carbonyl (C=O) groups is 5. The fraction of sp³-hybridized carbons (Fsp3) is 0.828. The van der Waals surface area contributed by atoms with Crippen molar-refractivity contribution in [1.29, 1.82) is 0 Å². The van der Waals surface area contributed by atoms with Gasteiger partial charge >= 0.3 is 6.03 Å². The Bertz CT molecular complexity index is 954. The van der Waals surface area contributed by atoms with Gasteiger partial charge < -0.3 is 15.5 Å². The maximum Gasteiger partial charge on any atom is 0.315 e. The summed E-state index contributed by atoms with van der Waals surface area (Å²) in [7, 11) is 0. The molecule has 2 saturated carbocycles. The summed E-state index contributed by atoms with van der Waals surface area (Å²) in [6.45, 7) is 17.2. The Morgan fingerprint density at radius 3 is 2.05 bits per heavy atom. The summed E-state index contributed by atoms with van der Waals surface area (Å²) < 4.78 is 0. The molecule has 8 nitrogen and oxygen atoms in total. The number of ketones is 3. The van der Waals surface area contributed by atoms with Gasteiger partial charge in [0.05, 0.1) is 6.04 Å². The third-order valence-corrected chi connectivity index (χ3v) is 8.71. The summed E-state index contributed by atoms with van der Waals surface area (Å²) in [6.07, 6.45) is 3.71. The van der Waals surface area contributed by atoms with Crippen molar-refractivity contribution < 1.29 is 24.0 Å². The van der Waals surface area contributed by atoms with Gasteiger partial charge in [-0.2, -0.15) is 0 Å². The number of carbonyl (C=O) groups excluding carboxylic acids is 5. The van der Waals surface area contributed by atoms with Crippen LogP contribution in [0.2, 0.25) is 0 Å². The summed E-state index contributed by atoms with van der Waals surface area (Å²) in [5.41, 5.74) is -1.12. The fourth-order valence-electron chi connectivity index (χ4n) is 6.27. The van der Waals surface area contributed by atoms with Crippen LogP contribution in [-0.2, 0) is 19.2 Å². The van der Waals surface area contributed by atoms with Gasteiger partial charge in [0.25, 0.3) is 0 Å². The molecule has 1 heterocycles. The molecule has 2 N–H and O–H groups in total. The molecular weight excluding hydrogens is 470 g/mol. The fourth-order valence-corrected chi connectivity index (χ4v) is 6.27. The van der Waals surface area contributed by atoms with E-state index in [9.17, 15) is 24.0 Å². The number of urea groups is 1. The van der Waals surface area contributed by atoms with Crippen molar-refractivity contribution in [3.63, 3.8) is 0 Å². The molecule has 37 heavy (non-hydrogen) atoms. The summed E-state index contributed by atoms with van der Waals surface area (Å²) in [4.78, 5) is 66.9. The van der Waals surface area contributed by atoms with Gasteiger partial charge in [-0.3, -0.25) is 19.2 Å². The predicted octanol–water partition coefficient (Wildman–Crippen LogP) is 3.91. The molecule has 1 aliphatic heterocycles. The maximum atomic E-state index is 14.0. The molecule has 3 unspecified atom stereocenters. The van der Waals surface area contributed by atoms with Gasteiger partial charge in [-0.1, -0.05) is 53.9 Å². The minimum absolute atomic E-state index is 0.0131. The van der Waals surface area contributed by atoms with Gasteiger partial charge in [0.15, 0.2) is 11.6 Å². The van der Waals surface area contributed by atoms with E-state index in [1.807, 2.05) is 41.5 Å². The van der Waals surface area contributed by atoms with Crippen LogP contribution in [0, 0.1) is 34.5 Å². The number of likely N-dealkylation sites (tertiary alicyclic amines) is 1. The third kappa shape index (κ3) is 6.43. The number of nitrogens with zero attached hydrogens (tertiary/aromatic N) is 1. The first kappa shape index (κ1) is 29.3. The lowest BCUT2D eigenvalue weighted by Crippen LogP contribution is -2.60. The highest BCUT2D eigenvalue weighted by Gasteiger charge is 2.69. The van der Waals surface area contributed by atoms with E-state index >= 15 is 0 Å². The first-order valence-corrected chi connectivity index (χ1v) is 13.8. The minimum atomic E-state index is -0.824. The zero-order valence-electron chi connectivity index (χ0n) is 24.2. The molecule has 208 valence electrons. The van der Waals surface area contributed by atoms with Crippen molar-refractivity contribution in [1.82, 2.24) is 15.5 Å². The normalized spacial score (nSPS) is 26.4. The molecule has 0 radical (unpaired) electrons. The highest BCUT2D eigenvalue weighted by Crippen LogP contribution is 2.65. The smallest absolute Gasteiger partial charge is 0.315 e. The van der Waals surface area contributed by atoms with Crippen molar-refractivity contribution in [2.75, 3.05) is 6.54 Å². The lowest BCUT2D eigenvalue weighted by molar-refractivity contribution is -0.144. The van der Waals surface area contributed by atoms with Crippen LogP contribution in [0.15, 0.2) is 0 Å². The van der Waals surface area contributed by atoms with Crippen LogP contribution in [0.5, 0.6) is 0 Å². The van der Waals surface area contributed by atoms with Gasteiger partial charge in [-0.25, -0.2) is 4.79 Å². The van der Waals surface area contributed by atoms with Gasteiger partial charge in [0, 0.05) is 31.3 Å². The number of amides is 3. The number of hydrogen-bond acceptors (Lipinski definition) is 5. The van der Waals surface area contributed by atoms with Gasteiger partial charge in [-0.05, 0) is 55.8 Å². The Balaban J connectivity index is 1.83. The third-order valence-electron chi connectivity index (χ3n) is 8.71. The Morgan fingerprint density at radius 1 is 1.00 bits per heavy atom. The SMILES string of the molecule is CC(=O)C(=O)C(CC(=O)[C@@H]1C2C(CN1C(=O)[C@@H](NC(=O)NC(C)(C)C)C(C)(C)C)C2(C)C)CC1CCC1. The second-order valence-electron chi connectivity index (χ2n) is 14.4. The number of fused-ring (bicyclic) bond motifs is 1. The van der Waals surface area contributed by atoms with Crippen LogP contribution in [0.25, 0.3) is 0 Å². The van der Waals surface area contributed by atoms with E-state index in [-0.39, 0.29) is 35.4 Å². The van der Waals surface area contributed by atoms with Crippen LogP contribution < -0.4 is 10.6 Å². The summed E-state index contributed by atoms with van der Waals surface area (Å²) in [5, 5.41) is 5.72. The largest absolute Gasteiger partial charge is 0.334 e. The van der Waals surface area contributed by atoms with E-state index in [1.165, 1.54) is 6.92 Å². The molecule has 1 saturated heterocycles.